The molecular weight excluding hydrogens is 649 g/mol. The van der Waals surface area contributed by atoms with E-state index in [1.807, 2.05) is 0 Å². The number of primary amides is 1. The number of hydrogen-bond donors (Lipinski definition) is 1. The highest BCUT2D eigenvalue weighted by Gasteiger charge is 2.42. The van der Waals surface area contributed by atoms with E-state index in [0.29, 0.717) is 65.5 Å². The number of aryl methyl sites for hydroxylation is 1. The first-order chi connectivity index (χ1) is 21.7. The number of thiophene rings is 1. The van der Waals surface area contributed by atoms with E-state index in [1.54, 1.807) is 6.92 Å². The third-order valence-corrected chi connectivity index (χ3v) is 9.75. The summed E-state index contributed by atoms with van der Waals surface area (Å²) in [4.78, 5) is 29.7. The van der Waals surface area contributed by atoms with Crippen LogP contribution in [0.2, 0.25) is 0 Å². The molecular formula is C33H33F7N4O2S. The number of likely N-dealkylation sites (tertiary alicyclic amines) is 1. The summed E-state index contributed by atoms with van der Waals surface area (Å²) < 4.78 is 96.2. The fourth-order valence-corrected chi connectivity index (χ4v) is 7.29. The molecule has 0 aliphatic carbocycles. The third-order valence-electron chi connectivity index (χ3n) is 8.55. The van der Waals surface area contributed by atoms with Crippen LogP contribution in [-0.2, 0) is 33.9 Å². The number of carbonyl (C=O) groups excluding carboxylic acids is 2. The van der Waals surface area contributed by atoms with Crippen molar-refractivity contribution < 1.29 is 40.3 Å². The predicted octanol–water partition coefficient (Wildman–Crippen LogP) is 7.80. The van der Waals surface area contributed by atoms with Gasteiger partial charge in [-0.2, -0.15) is 31.6 Å². The number of piperidine rings is 1. The smallest absolute Gasteiger partial charge is 0.370 e. The molecule has 0 spiro atoms. The molecule has 0 saturated carbocycles. The van der Waals surface area contributed by atoms with E-state index in [4.69, 9.17) is 5.73 Å². The van der Waals surface area contributed by atoms with Gasteiger partial charge in [0.1, 0.15) is 11.9 Å². The third kappa shape index (κ3) is 7.79. The van der Waals surface area contributed by atoms with E-state index in [-0.39, 0.29) is 35.6 Å². The SMILES string of the molecule is Cc1cc(F)ccc1-c1sc(CN2CCC(CC(N)=O)CC2)c(C#N)c1N(C)C(=O)C(C)(C)c1cc(C(F)(F)F)cc(C(F)(F)F)c1. The van der Waals surface area contributed by atoms with E-state index in [9.17, 15) is 45.6 Å². The number of nitrogens with two attached hydrogens (primary N) is 1. The highest BCUT2D eigenvalue weighted by molar-refractivity contribution is 7.16. The molecule has 1 fully saturated rings. The minimum Gasteiger partial charge on any atom is -0.370 e. The van der Waals surface area contributed by atoms with Gasteiger partial charge < -0.3 is 10.6 Å². The molecule has 252 valence electrons. The van der Waals surface area contributed by atoms with Crippen molar-refractivity contribution in [3.63, 3.8) is 0 Å². The second-order valence-electron chi connectivity index (χ2n) is 12.3. The molecule has 1 aliphatic rings. The maximum atomic E-state index is 14.2. The molecule has 0 atom stereocenters. The number of rotatable bonds is 8. The first kappa shape index (κ1) is 35.9. The van der Waals surface area contributed by atoms with Gasteiger partial charge in [-0.1, -0.05) is 6.07 Å². The Kier molecular flexibility index (Phi) is 10.1. The van der Waals surface area contributed by atoms with Crippen LogP contribution in [0, 0.1) is 30.0 Å². The zero-order valence-electron chi connectivity index (χ0n) is 26.1. The Labute approximate surface area is 271 Å². The van der Waals surface area contributed by atoms with Gasteiger partial charge in [0.15, 0.2) is 0 Å². The van der Waals surface area contributed by atoms with Gasteiger partial charge in [0.05, 0.1) is 32.7 Å². The molecule has 2 amide bonds. The summed E-state index contributed by atoms with van der Waals surface area (Å²) >= 11 is 1.20. The number of likely N-dealkylation sites (N-methyl/N-ethyl adjacent to an activating group) is 1. The summed E-state index contributed by atoms with van der Waals surface area (Å²) in [7, 11) is 1.31. The maximum absolute atomic E-state index is 14.2. The van der Waals surface area contributed by atoms with Crippen LogP contribution in [0.4, 0.5) is 36.4 Å². The first-order valence-electron chi connectivity index (χ1n) is 14.6. The Morgan fingerprint density at radius 1 is 1.00 bits per heavy atom. The van der Waals surface area contributed by atoms with Gasteiger partial charge in [-0.25, -0.2) is 4.39 Å². The summed E-state index contributed by atoms with van der Waals surface area (Å²) in [5.41, 5.74) is 1.04. The molecule has 2 heterocycles. The summed E-state index contributed by atoms with van der Waals surface area (Å²) in [5, 5.41) is 10.4. The zero-order valence-corrected chi connectivity index (χ0v) is 26.9. The molecule has 0 unspecified atom stereocenters. The predicted molar refractivity (Wildman–Crippen MR) is 164 cm³/mol. The number of anilines is 1. The summed E-state index contributed by atoms with van der Waals surface area (Å²) in [6.45, 7) is 5.61. The van der Waals surface area contributed by atoms with Gasteiger partial charge in [0.2, 0.25) is 11.8 Å². The number of hydrogen-bond acceptors (Lipinski definition) is 5. The molecule has 2 aromatic carbocycles. The first-order valence-corrected chi connectivity index (χ1v) is 15.5. The van der Waals surface area contributed by atoms with Gasteiger partial charge in [0.25, 0.3) is 0 Å². The monoisotopic (exact) mass is 682 g/mol. The summed E-state index contributed by atoms with van der Waals surface area (Å²) in [6, 6.07) is 7.19. The minimum absolute atomic E-state index is 0.00117. The minimum atomic E-state index is -5.11. The van der Waals surface area contributed by atoms with Crippen LogP contribution >= 0.6 is 11.3 Å². The second kappa shape index (κ2) is 13.3. The number of nitrogens with zero attached hydrogens (tertiary/aromatic N) is 3. The van der Waals surface area contributed by atoms with Crippen LogP contribution in [0.1, 0.15) is 65.8 Å². The summed E-state index contributed by atoms with van der Waals surface area (Å²) in [6.07, 6.45) is -8.54. The number of alkyl halides is 6. The Hall–Kier alpha value is -3.96. The van der Waals surface area contributed by atoms with Crippen molar-refractivity contribution in [3.05, 3.63) is 74.9 Å². The van der Waals surface area contributed by atoms with E-state index in [1.165, 1.54) is 50.4 Å². The molecule has 47 heavy (non-hydrogen) atoms. The topological polar surface area (TPSA) is 90.4 Å². The summed E-state index contributed by atoms with van der Waals surface area (Å²) in [5.74, 6) is -1.62. The van der Waals surface area contributed by atoms with Gasteiger partial charge in [-0.15, -0.1) is 11.3 Å². The van der Waals surface area contributed by atoms with Gasteiger partial charge in [-0.05, 0) is 99.6 Å². The molecule has 4 rings (SSSR count). The normalized spacial score (nSPS) is 15.0. The molecule has 2 N–H and O–H groups in total. The van der Waals surface area contributed by atoms with Crippen molar-refractivity contribution in [2.45, 2.75) is 64.3 Å². The molecule has 3 aromatic rings. The van der Waals surface area contributed by atoms with E-state index < -0.39 is 46.2 Å². The van der Waals surface area contributed by atoms with Crippen molar-refractivity contribution in [1.82, 2.24) is 4.90 Å². The quantitative estimate of drug-likeness (QED) is 0.246. The van der Waals surface area contributed by atoms with Crippen LogP contribution in [-0.4, -0.2) is 36.9 Å². The Balaban J connectivity index is 1.80. The van der Waals surface area contributed by atoms with Crippen molar-refractivity contribution in [2.75, 3.05) is 25.0 Å². The highest BCUT2D eigenvalue weighted by atomic mass is 32.1. The zero-order chi connectivity index (χ0) is 35.1. The number of amides is 2. The van der Waals surface area contributed by atoms with Crippen molar-refractivity contribution >= 4 is 28.8 Å². The van der Waals surface area contributed by atoms with Crippen LogP contribution < -0.4 is 10.6 Å². The molecule has 6 nitrogen and oxygen atoms in total. The maximum Gasteiger partial charge on any atom is 0.416 e. The molecule has 1 aliphatic heterocycles. The van der Waals surface area contributed by atoms with Gasteiger partial charge >= 0.3 is 12.4 Å². The molecule has 0 bridgehead atoms. The van der Waals surface area contributed by atoms with Crippen LogP contribution in [0.3, 0.4) is 0 Å². The second-order valence-corrected chi connectivity index (χ2v) is 13.4. The fraction of sp³-hybridized carbons (Fsp3) is 0.424. The van der Waals surface area contributed by atoms with Gasteiger partial charge in [-0.3, -0.25) is 14.5 Å². The largest absolute Gasteiger partial charge is 0.416 e. The lowest BCUT2D eigenvalue weighted by Gasteiger charge is -2.32. The lowest BCUT2D eigenvalue weighted by molar-refractivity contribution is -0.143. The molecule has 14 heteroatoms. The lowest BCUT2D eigenvalue weighted by atomic mass is 9.81. The van der Waals surface area contributed by atoms with Gasteiger partial charge in [0, 0.05) is 24.9 Å². The van der Waals surface area contributed by atoms with Crippen LogP contribution in [0.5, 0.6) is 0 Å². The molecule has 0 radical (unpaired) electrons. The Morgan fingerprint density at radius 2 is 1.55 bits per heavy atom. The number of nitriles is 1. The van der Waals surface area contributed by atoms with Crippen molar-refractivity contribution in [1.29, 1.82) is 5.26 Å². The highest BCUT2D eigenvalue weighted by Crippen LogP contribution is 2.46. The van der Waals surface area contributed by atoms with E-state index >= 15 is 0 Å². The van der Waals surface area contributed by atoms with Crippen molar-refractivity contribution in [3.8, 4) is 16.5 Å². The standard InChI is InChI=1S/C33H33F7N4O2S/c1-18-11-23(34)5-6-24(18)29-28(25(16-41)26(47-29)17-44-9-7-19(8-10-44)12-27(42)45)43(4)30(46)31(2,3)20-13-21(32(35,36)37)15-22(14-20)33(38,39)40/h5-6,11,13-15,19H,7-10,12,17H2,1-4H3,(H2,42,45). The molecule has 1 saturated heterocycles. The average molecular weight is 683 g/mol. The number of benzene rings is 2. The average Bonchev–Trinajstić information content (AvgIpc) is 3.33. The van der Waals surface area contributed by atoms with Crippen LogP contribution in [0.25, 0.3) is 10.4 Å². The van der Waals surface area contributed by atoms with E-state index in [2.05, 4.69) is 11.0 Å². The number of carbonyl (C=O) groups is 2. The van der Waals surface area contributed by atoms with E-state index in [0.717, 1.165) is 4.90 Å². The lowest BCUT2D eigenvalue weighted by Crippen LogP contribution is -2.42. The Morgan fingerprint density at radius 3 is 2.04 bits per heavy atom. The van der Waals surface area contributed by atoms with Crippen molar-refractivity contribution in [2.24, 2.45) is 11.7 Å². The van der Waals surface area contributed by atoms with Crippen LogP contribution in [0.15, 0.2) is 36.4 Å². The Bertz CT molecular complexity index is 1680. The number of halogens is 7. The fourth-order valence-electron chi connectivity index (χ4n) is 5.88. The molecule has 1 aromatic heterocycles.